The summed E-state index contributed by atoms with van der Waals surface area (Å²) in [7, 11) is 0. The third-order valence-electron chi connectivity index (χ3n) is 3.07. The molecule has 1 unspecified atom stereocenters. The average Bonchev–Trinajstić information content (AvgIpc) is 2.54. The van der Waals surface area contributed by atoms with E-state index in [9.17, 15) is 9.90 Å². The molecule has 6 nitrogen and oxygen atoms in total. The summed E-state index contributed by atoms with van der Waals surface area (Å²) in [5, 5.41) is 13.0. The van der Waals surface area contributed by atoms with Crippen LogP contribution in [0.25, 0.3) is 0 Å². The van der Waals surface area contributed by atoms with Crippen LogP contribution in [-0.2, 0) is 9.47 Å². The van der Waals surface area contributed by atoms with Crippen molar-refractivity contribution < 1.29 is 24.1 Å². The van der Waals surface area contributed by atoms with E-state index in [1.165, 1.54) is 0 Å². The van der Waals surface area contributed by atoms with Crippen LogP contribution in [-0.4, -0.2) is 55.7 Å². The summed E-state index contributed by atoms with van der Waals surface area (Å²) in [6, 6.07) is 6.69. The molecule has 0 aliphatic carbocycles. The van der Waals surface area contributed by atoms with Crippen molar-refractivity contribution in [1.29, 1.82) is 0 Å². The first-order valence-electron chi connectivity index (χ1n) is 8.22. The van der Waals surface area contributed by atoms with Gasteiger partial charge in [-0.05, 0) is 52.0 Å². The number of hydrogen-bond donors (Lipinski definition) is 2. The molecule has 0 bridgehead atoms. The minimum Gasteiger partial charge on any atom is -0.491 e. The number of aliphatic hydroxyl groups excluding tert-OH is 1. The van der Waals surface area contributed by atoms with Gasteiger partial charge in [-0.1, -0.05) is 0 Å². The van der Waals surface area contributed by atoms with E-state index in [1.807, 2.05) is 27.7 Å². The lowest BCUT2D eigenvalue weighted by Gasteiger charge is -2.22. The van der Waals surface area contributed by atoms with Gasteiger partial charge in [-0.25, -0.2) is 4.79 Å². The number of benzene rings is 1. The average molecular weight is 339 g/mol. The molecule has 2 N–H and O–H groups in total. The van der Waals surface area contributed by atoms with Crippen LogP contribution in [0.5, 0.6) is 5.75 Å². The number of esters is 1. The molecule has 0 heterocycles. The molecular formula is C18H29NO5. The fourth-order valence-corrected chi connectivity index (χ4v) is 1.79. The van der Waals surface area contributed by atoms with Gasteiger partial charge in [0.05, 0.1) is 12.2 Å². The van der Waals surface area contributed by atoms with E-state index in [4.69, 9.17) is 14.2 Å². The molecule has 0 amide bonds. The van der Waals surface area contributed by atoms with Gasteiger partial charge in [0.2, 0.25) is 0 Å². The Bertz CT molecular complexity index is 481. The van der Waals surface area contributed by atoms with Crippen molar-refractivity contribution >= 4 is 5.97 Å². The first-order chi connectivity index (χ1) is 11.3. The summed E-state index contributed by atoms with van der Waals surface area (Å²) in [5.74, 6) is 0.200. The quantitative estimate of drug-likeness (QED) is 0.502. The second-order valence-corrected chi connectivity index (χ2v) is 6.45. The maximum atomic E-state index is 11.9. The highest BCUT2D eigenvalue weighted by Gasteiger charge is 2.14. The highest BCUT2D eigenvalue weighted by atomic mass is 16.5. The maximum Gasteiger partial charge on any atom is 0.338 e. The van der Waals surface area contributed by atoms with E-state index < -0.39 is 12.1 Å². The number of carbonyl (C=O) groups excluding carboxylic acids is 1. The fraction of sp³-hybridized carbons (Fsp3) is 0.611. The van der Waals surface area contributed by atoms with Gasteiger partial charge in [-0.2, -0.15) is 0 Å². The Kier molecular flexibility index (Phi) is 8.74. The molecule has 0 spiro atoms. The van der Waals surface area contributed by atoms with Crippen molar-refractivity contribution in [2.45, 2.75) is 39.3 Å². The highest BCUT2D eigenvalue weighted by molar-refractivity contribution is 5.89. The molecule has 136 valence electrons. The van der Waals surface area contributed by atoms with Crippen LogP contribution in [0.2, 0.25) is 0 Å². The standard InChI is InChI=1S/C18H29NO5/c1-5-22-10-11-23-16-8-6-14(7-9-16)17(21)24-13-15(20)12-19-18(2,3)4/h6-9,15,19-20H,5,10-13H2,1-4H3. The third kappa shape index (κ3) is 8.86. The van der Waals surface area contributed by atoms with Crippen LogP contribution >= 0.6 is 0 Å². The molecule has 0 saturated carbocycles. The summed E-state index contributed by atoms with van der Waals surface area (Å²) >= 11 is 0. The molecule has 1 aromatic carbocycles. The van der Waals surface area contributed by atoms with Crippen molar-refractivity contribution in [2.75, 3.05) is 33.0 Å². The van der Waals surface area contributed by atoms with Gasteiger partial charge in [-0.15, -0.1) is 0 Å². The normalized spacial score (nSPS) is 12.7. The van der Waals surface area contributed by atoms with Gasteiger partial charge >= 0.3 is 5.97 Å². The Morgan fingerprint density at radius 3 is 2.46 bits per heavy atom. The second kappa shape index (κ2) is 10.3. The predicted molar refractivity (Wildman–Crippen MR) is 92.5 cm³/mol. The predicted octanol–water partition coefficient (Wildman–Crippen LogP) is 2.01. The van der Waals surface area contributed by atoms with Crippen LogP contribution in [0.15, 0.2) is 24.3 Å². The molecule has 0 aromatic heterocycles. The summed E-state index contributed by atoms with van der Waals surface area (Å²) in [6.45, 7) is 9.91. The maximum absolute atomic E-state index is 11.9. The smallest absolute Gasteiger partial charge is 0.338 e. The molecule has 1 atom stereocenters. The fourth-order valence-electron chi connectivity index (χ4n) is 1.79. The zero-order valence-electron chi connectivity index (χ0n) is 15.0. The molecule has 1 aromatic rings. The number of carbonyl (C=O) groups is 1. The summed E-state index contributed by atoms with van der Waals surface area (Å²) in [4.78, 5) is 11.9. The summed E-state index contributed by atoms with van der Waals surface area (Å²) in [5.41, 5.74) is 0.325. The third-order valence-corrected chi connectivity index (χ3v) is 3.07. The van der Waals surface area contributed by atoms with E-state index in [0.29, 0.717) is 37.7 Å². The van der Waals surface area contributed by atoms with E-state index in [1.54, 1.807) is 24.3 Å². The Hall–Kier alpha value is -1.63. The van der Waals surface area contributed by atoms with Gasteiger partial charge in [0.25, 0.3) is 0 Å². The minimum atomic E-state index is -0.741. The van der Waals surface area contributed by atoms with Crippen molar-refractivity contribution in [3.8, 4) is 5.75 Å². The van der Waals surface area contributed by atoms with E-state index in [2.05, 4.69) is 5.32 Å². The summed E-state index contributed by atoms with van der Waals surface area (Å²) < 4.78 is 15.8. The molecule has 0 aliphatic heterocycles. The number of aliphatic hydroxyl groups is 1. The van der Waals surface area contributed by atoms with E-state index >= 15 is 0 Å². The molecule has 0 aliphatic rings. The molecule has 0 saturated heterocycles. The monoisotopic (exact) mass is 339 g/mol. The number of rotatable bonds is 10. The van der Waals surface area contributed by atoms with Crippen molar-refractivity contribution in [3.63, 3.8) is 0 Å². The van der Waals surface area contributed by atoms with E-state index in [-0.39, 0.29) is 12.1 Å². The van der Waals surface area contributed by atoms with Gasteiger partial charge in [-0.3, -0.25) is 0 Å². The number of hydrogen-bond acceptors (Lipinski definition) is 6. The molecule has 0 fully saturated rings. The lowest BCUT2D eigenvalue weighted by molar-refractivity contribution is 0.0247. The van der Waals surface area contributed by atoms with Crippen LogP contribution < -0.4 is 10.1 Å². The number of β-amino-alcohol motifs (C(OH)–C–C–N with tert-alkyl or cyclic N) is 1. The Morgan fingerprint density at radius 1 is 1.21 bits per heavy atom. The van der Waals surface area contributed by atoms with Gasteiger partial charge in [0.15, 0.2) is 0 Å². The Morgan fingerprint density at radius 2 is 1.88 bits per heavy atom. The number of nitrogens with one attached hydrogen (secondary N) is 1. The molecule has 6 heteroatoms. The second-order valence-electron chi connectivity index (χ2n) is 6.45. The van der Waals surface area contributed by atoms with Crippen LogP contribution in [0.3, 0.4) is 0 Å². The van der Waals surface area contributed by atoms with Crippen molar-refractivity contribution in [2.24, 2.45) is 0 Å². The van der Waals surface area contributed by atoms with Crippen LogP contribution in [0.1, 0.15) is 38.1 Å². The largest absolute Gasteiger partial charge is 0.491 e. The van der Waals surface area contributed by atoms with Crippen molar-refractivity contribution in [1.82, 2.24) is 5.32 Å². The zero-order valence-corrected chi connectivity index (χ0v) is 15.0. The van der Waals surface area contributed by atoms with E-state index in [0.717, 1.165) is 0 Å². The zero-order chi connectivity index (χ0) is 18.0. The minimum absolute atomic E-state index is 0.0471. The number of ether oxygens (including phenoxy) is 3. The first kappa shape index (κ1) is 20.4. The molecule has 24 heavy (non-hydrogen) atoms. The van der Waals surface area contributed by atoms with Gasteiger partial charge < -0.3 is 24.6 Å². The first-order valence-corrected chi connectivity index (χ1v) is 8.22. The molecule has 0 radical (unpaired) electrons. The van der Waals surface area contributed by atoms with Crippen LogP contribution in [0, 0.1) is 0 Å². The van der Waals surface area contributed by atoms with Gasteiger partial charge in [0.1, 0.15) is 25.1 Å². The Labute approximate surface area is 144 Å². The molecule has 1 rings (SSSR count). The highest BCUT2D eigenvalue weighted by Crippen LogP contribution is 2.13. The lowest BCUT2D eigenvalue weighted by Crippen LogP contribution is -2.42. The SMILES string of the molecule is CCOCCOc1ccc(C(=O)OCC(O)CNC(C)(C)C)cc1. The van der Waals surface area contributed by atoms with Crippen molar-refractivity contribution in [3.05, 3.63) is 29.8 Å². The van der Waals surface area contributed by atoms with Crippen LogP contribution in [0.4, 0.5) is 0 Å². The Balaban J connectivity index is 2.34. The lowest BCUT2D eigenvalue weighted by atomic mass is 10.1. The van der Waals surface area contributed by atoms with Gasteiger partial charge in [0, 0.05) is 18.7 Å². The molecular weight excluding hydrogens is 310 g/mol. The summed E-state index contributed by atoms with van der Waals surface area (Å²) in [6.07, 6.45) is -0.741. The topological polar surface area (TPSA) is 77.0 Å².